The number of nitrogens with zero attached hydrogens (tertiary/aromatic N) is 2. The smallest absolute Gasteiger partial charge is 0.348 e. The molecule has 1 aliphatic rings. The number of halogens is 5. The molecule has 2 nitrogen and oxygen atoms in total. The lowest BCUT2D eigenvalue weighted by atomic mass is 10.1. The fourth-order valence-corrected chi connectivity index (χ4v) is 2.98. The van der Waals surface area contributed by atoms with Gasteiger partial charge in [-0.1, -0.05) is 35.3 Å². The van der Waals surface area contributed by atoms with Crippen molar-refractivity contribution in [1.82, 2.24) is 0 Å². The Kier molecular flexibility index (Phi) is 4.65. The summed E-state index contributed by atoms with van der Waals surface area (Å²) in [4.78, 5) is 3.62. The first-order valence-electron chi connectivity index (χ1n) is 7.13. The van der Waals surface area contributed by atoms with Gasteiger partial charge in [-0.3, -0.25) is 0 Å². The third-order valence-corrected chi connectivity index (χ3v) is 4.09. The minimum atomic E-state index is -4.38. The molecule has 2 aromatic carbocycles. The first-order valence-corrected chi connectivity index (χ1v) is 7.89. The van der Waals surface area contributed by atoms with E-state index in [1.807, 2.05) is 17.0 Å². The van der Waals surface area contributed by atoms with Crippen LogP contribution >= 0.6 is 23.2 Å². The van der Waals surface area contributed by atoms with Crippen molar-refractivity contribution < 1.29 is 13.2 Å². The molecule has 0 aromatic heterocycles. The molecule has 2 aromatic rings. The molecule has 0 N–H and O–H groups in total. The Labute approximate surface area is 147 Å². The van der Waals surface area contributed by atoms with E-state index in [4.69, 9.17) is 23.2 Å². The van der Waals surface area contributed by atoms with Gasteiger partial charge in [-0.05, 0) is 36.4 Å². The summed E-state index contributed by atoms with van der Waals surface area (Å²) in [5.74, 6) is 0. The predicted octanol–water partition coefficient (Wildman–Crippen LogP) is 5.72. The van der Waals surface area contributed by atoms with Gasteiger partial charge in [-0.2, -0.15) is 13.2 Å². The van der Waals surface area contributed by atoms with Crippen molar-refractivity contribution in [3.63, 3.8) is 0 Å². The number of alkyl halides is 3. The third-order valence-electron chi connectivity index (χ3n) is 3.64. The van der Waals surface area contributed by atoms with E-state index in [1.54, 1.807) is 29.3 Å². The molecular weight excluding hydrogens is 360 g/mol. The Bertz CT molecular complexity index is 774. The van der Waals surface area contributed by atoms with Gasteiger partial charge < -0.3 is 9.80 Å². The lowest BCUT2D eigenvalue weighted by Crippen LogP contribution is -2.40. The highest BCUT2D eigenvalue weighted by Crippen LogP contribution is 2.33. The van der Waals surface area contributed by atoms with Crippen LogP contribution in [0.15, 0.2) is 59.8 Å². The number of hydrogen-bond donors (Lipinski definition) is 0. The molecule has 24 heavy (non-hydrogen) atoms. The summed E-state index contributed by atoms with van der Waals surface area (Å²) in [7, 11) is 0. The average molecular weight is 373 g/mol. The molecule has 0 saturated carbocycles. The van der Waals surface area contributed by atoms with Crippen LogP contribution in [0.4, 0.5) is 24.5 Å². The highest BCUT2D eigenvalue weighted by Gasteiger charge is 2.31. The molecule has 0 amide bonds. The third kappa shape index (κ3) is 3.79. The van der Waals surface area contributed by atoms with Crippen LogP contribution in [0.3, 0.4) is 0 Å². The van der Waals surface area contributed by atoms with Crippen LogP contribution in [0.5, 0.6) is 0 Å². The van der Waals surface area contributed by atoms with E-state index in [2.05, 4.69) is 0 Å². The predicted molar refractivity (Wildman–Crippen MR) is 91.5 cm³/mol. The quantitative estimate of drug-likeness (QED) is 0.664. The normalized spacial score (nSPS) is 15.5. The van der Waals surface area contributed by atoms with Crippen LogP contribution in [0.25, 0.3) is 0 Å². The van der Waals surface area contributed by atoms with Gasteiger partial charge in [0.05, 0.1) is 23.8 Å². The van der Waals surface area contributed by atoms with Crippen LogP contribution < -0.4 is 9.80 Å². The van der Waals surface area contributed by atoms with Gasteiger partial charge in [0.15, 0.2) is 0 Å². The maximum atomic E-state index is 12.9. The van der Waals surface area contributed by atoms with E-state index in [0.29, 0.717) is 29.0 Å². The SMILES string of the molecule is FC(F)(F)c1cccc(N2CC(Cl)=CN(c3cccc(Cl)c3)C2)c1. The van der Waals surface area contributed by atoms with Crippen LogP contribution in [-0.4, -0.2) is 13.2 Å². The van der Waals surface area contributed by atoms with Gasteiger partial charge in [-0.25, -0.2) is 0 Å². The van der Waals surface area contributed by atoms with Crippen molar-refractivity contribution in [2.75, 3.05) is 23.0 Å². The average Bonchev–Trinajstić information content (AvgIpc) is 2.54. The van der Waals surface area contributed by atoms with Gasteiger partial charge in [0.25, 0.3) is 0 Å². The largest absolute Gasteiger partial charge is 0.416 e. The second kappa shape index (κ2) is 6.57. The first kappa shape index (κ1) is 17.0. The molecule has 0 fully saturated rings. The van der Waals surface area contributed by atoms with E-state index in [1.165, 1.54) is 6.07 Å². The summed E-state index contributed by atoms with van der Waals surface area (Å²) in [6, 6.07) is 12.4. The zero-order valence-corrected chi connectivity index (χ0v) is 13.9. The molecule has 3 rings (SSSR count). The second-order valence-corrected chi connectivity index (χ2v) is 6.33. The fraction of sp³-hybridized carbons (Fsp3) is 0.176. The molecule has 0 aliphatic carbocycles. The summed E-state index contributed by atoms with van der Waals surface area (Å²) in [5, 5.41) is 1.10. The lowest BCUT2D eigenvalue weighted by molar-refractivity contribution is -0.137. The van der Waals surface area contributed by atoms with E-state index < -0.39 is 11.7 Å². The number of hydrogen-bond acceptors (Lipinski definition) is 2. The van der Waals surface area contributed by atoms with E-state index in [-0.39, 0.29) is 0 Å². The standard InChI is InChI=1S/C17H13Cl2F3N2/c18-13-4-2-6-16(8-13)24-10-14(19)9-23(11-24)15-5-1-3-12(7-15)17(20,21)22/h1-8,10H,9,11H2. The molecule has 0 spiro atoms. The Morgan fingerprint density at radius 1 is 0.917 bits per heavy atom. The number of benzene rings is 2. The molecule has 0 atom stereocenters. The molecule has 0 unspecified atom stereocenters. The van der Waals surface area contributed by atoms with Crippen molar-refractivity contribution in [3.05, 3.63) is 70.3 Å². The zero-order chi connectivity index (χ0) is 17.3. The maximum Gasteiger partial charge on any atom is 0.416 e. The van der Waals surface area contributed by atoms with Crippen molar-refractivity contribution in [1.29, 1.82) is 0 Å². The number of anilines is 2. The second-order valence-electron chi connectivity index (χ2n) is 5.41. The molecule has 126 valence electrons. The number of rotatable bonds is 2. The molecule has 1 heterocycles. The van der Waals surface area contributed by atoms with E-state index >= 15 is 0 Å². The molecular formula is C17H13Cl2F3N2. The van der Waals surface area contributed by atoms with E-state index in [0.717, 1.165) is 17.8 Å². The maximum absolute atomic E-state index is 12.9. The van der Waals surface area contributed by atoms with Gasteiger partial charge in [0.2, 0.25) is 0 Å². The topological polar surface area (TPSA) is 6.48 Å². The Morgan fingerprint density at radius 3 is 2.33 bits per heavy atom. The van der Waals surface area contributed by atoms with E-state index in [9.17, 15) is 13.2 Å². The van der Waals surface area contributed by atoms with Crippen LogP contribution in [0.1, 0.15) is 5.56 Å². The minimum Gasteiger partial charge on any atom is -0.348 e. The van der Waals surface area contributed by atoms with Crippen LogP contribution in [0, 0.1) is 0 Å². The van der Waals surface area contributed by atoms with Gasteiger partial charge in [0, 0.05) is 22.6 Å². The van der Waals surface area contributed by atoms with Crippen LogP contribution in [0.2, 0.25) is 5.02 Å². The van der Waals surface area contributed by atoms with Gasteiger partial charge in [-0.15, -0.1) is 0 Å². The molecule has 1 aliphatic heterocycles. The summed E-state index contributed by atoms with van der Waals surface area (Å²) in [5.41, 5.74) is 0.598. The Morgan fingerprint density at radius 2 is 1.62 bits per heavy atom. The first-order chi connectivity index (χ1) is 11.3. The minimum absolute atomic E-state index is 0.347. The summed E-state index contributed by atoms with van der Waals surface area (Å²) in [6.07, 6.45) is -2.62. The van der Waals surface area contributed by atoms with Crippen molar-refractivity contribution in [2.45, 2.75) is 6.18 Å². The summed E-state index contributed by atoms with van der Waals surface area (Å²) < 4.78 is 38.8. The highest BCUT2D eigenvalue weighted by atomic mass is 35.5. The Balaban J connectivity index is 1.90. The van der Waals surface area contributed by atoms with Crippen molar-refractivity contribution in [3.8, 4) is 0 Å². The van der Waals surface area contributed by atoms with Crippen molar-refractivity contribution in [2.24, 2.45) is 0 Å². The summed E-state index contributed by atoms with van der Waals surface area (Å²) in [6.45, 7) is 0.720. The zero-order valence-electron chi connectivity index (χ0n) is 12.4. The molecule has 0 radical (unpaired) electrons. The lowest BCUT2D eigenvalue weighted by Gasteiger charge is -2.35. The summed E-state index contributed by atoms with van der Waals surface area (Å²) >= 11 is 12.2. The monoisotopic (exact) mass is 372 g/mol. The van der Waals surface area contributed by atoms with Crippen molar-refractivity contribution >= 4 is 34.6 Å². The van der Waals surface area contributed by atoms with Crippen LogP contribution in [-0.2, 0) is 6.18 Å². The molecule has 0 saturated heterocycles. The molecule has 7 heteroatoms. The molecule has 0 bridgehead atoms. The van der Waals surface area contributed by atoms with Gasteiger partial charge in [0.1, 0.15) is 0 Å². The Hall–Kier alpha value is -1.85. The fourth-order valence-electron chi connectivity index (χ4n) is 2.53. The highest BCUT2D eigenvalue weighted by molar-refractivity contribution is 6.31. The van der Waals surface area contributed by atoms with Gasteiger partial charge >= 0.3 is 6.18 Å².